The van der Waals surface area contributed by atoms with Gasteiger partial charge in [-0.25, -0.2) is 4.98 Å². The number of H-pyrrole nitrogens is 1. The maximum atomic E-state index is 6.39. The largest absolute Gasteiger partial charge is 0.383 e. The highest BCUT2D eigenvalue weighted by molar-refractivity contribution is 5.76. The van der Waals surface area contributed by atoms with Gasteiger partial charge in [-0.1, -0.05) is 26.0 Å². The Labute approximate surface area is 123 Å². The van der Waals surface area contributed by atoms with Crippen LogP contribution in [0.15, 0.2) is 24.3 Å². The third-order valence-electron chi connectivity index (χ3n) is 4.46. The minimum absolute atomic E-state index is 0.0853. The first-order chi connectivity index (χ1) is 10.1. The summed E-state index contributed by atoms with van der Waals surface area (Å²) in [6.45, 7) is 4.48. The van der Waals surface area contributed by atoms with Crippen molar-refractivity contribution < 1.29 is 0 Å². The van der Waals surface area contributed by atoms with E-state index in [-0.39, 0.29) is 5.41 Å². The molecule has 0 radical (unpaired) electrons. The first-order valence-electron chi connectivity index (χ1n) is 7.39. The fraction of sp³-hybridized carbons (Fsp3) is 0.375. The van der Waals surface area contributed by atoms with Gasteiger partial charge < -0.3 is 10.7 Å². The van der Waals surface area contributed by atoms with Crippen LogP contribution in [0.3, 0.4) is 0 Å². The molecule has 108 valence electrons. The number of para-hydroxylation sites is 2. The van der Waals surface area contributed by atoms with Gasteiger partial charge in [0.2, 0.25) is 5.95 Å². The highest BCUT2D eigenvalue weighted by Gasteiger charge is 2.33. The van der Waals surface area contributed by atoms with Crippen molar-refractivity contribution in [2.75, 3.05) is 5.73 Å². The third kappa shape index (κ3) is 1.77. The number of aromatic amines is 1. The van der Waals surface area contributed by atoms with Gasteiger partial charge in [-0.05, 0) is 36.8 Å². The van der Waals surface area contributed by atoms with Crippen molar-refractivity contribution in [3.8, 4) is 5.95 Å². The molecule has 0 saturated carbocycles. The Morgan fingerprint density at radius 2 is 2.10 bits per heavy atom. The summed E-state index contributed by atoms with van der Waals surface area (Å²) in [7, 11) is 0. The summed E-state index contributed by atoms with van der Waals surface area (Å²) >= 11 is 0. The molecule has 0 amide bonds. The number of nitrogens with zero attached hydrogens (tertiary/aromatic N) is 3. The molecule has 0 bridgehead atoms. The molecule has 3 aromatic rings. The molecule has 2 heterocycles. The number of imidazole rings is 1. The number of fused-ring (bicyclic) bond motifs is 2. The third-order valence-corrected chi connectivity index (χ3v) is 4.46. The highest BCUT2D eigenvalue weighted by atomic mass is 15.4. The number of rotatable bonds is 1. The number of nitrogens with one attached hydrogen (secondary N) is 1. The number of hydrogen-bond donors (Lipinski definition) is 2. The van der Waals surface area contributed by atoms with Crippen LogP contribution in [0.2, 0.25) is 0 Å². The molecule has 0 spiro atoms. The van der Waals surface area contributed by atoms with Crippen LogP contribution in [-0.4, -0.2) is 19.7 Å². The second-order valence-electron chi connectivity index (χ2n) is 6.43. The van der Waals surface area contributed by atoms with Crippen molar-refractivity contribution in [3.05, 3.63) is 35.5 Å². The molecule has 5 heteroatoms. The SMILES string of the molecule is CC1(C)CCCc2nn(-c3nc4ccccc4[nH]3)c(N)c21. The van der Waals surface area contributed by atoms with E-state index in [1.165, 1.54) is 5.56 Å². The minimum atomic E-state index is 0.0853. The van der Waals surface area contributed by atoms with Gasteiger partial charge in [0.25, 0.3) is 0 Å². The molecule has 5 nitrogen and oxygen atoms in total. The molecule has 21 heavy (non-hydrogen) atoms. The van der Waals surface area contributed by atoms with Gasteiger partial charge in [-0.15, -0.1) is 0 Å². The number of benzene rings is 1. The lowest BCUT2D eigenvalue weighted by molar-refractivity contribution is 0.432. The fourth-order valence-electron chi connectivity index (χ4n) is 3.41. The van der Waals surface area contributed by atoms with Crippen LogP contribution >= 0.6 is 0 Å². The molecule has 1 aliphatic rings. The molecule has 0 aliphatic heterocycles. The van der Waals surface area contributed by atoms with E-state index in [9.17, 15) is 0 Å². The molecule has 3 N–H and O–H groups in total. The van der Waals surface area contributed by atoms with Gasteiger partial charge in [0.05, 0.1) is 16.7 Å². The van der Waals surface area contributed by atoms with Crippen LogP contribution in [0.25, 0.3) is 17.0 Å². The summed E-state index contributed by atoms with van der Waals surface area (Å²) in [6.07, 6.45) is 3.31. The molecule has 2 aromatic heterocycles. The van der Waals surface area contributed by atoms with Crippen molar-refractivity contribution in [3.63, 3.8) is 0 Å². The number of hydrogen-bond acceptors (Lipinski definition) is 3. The topological polar surface area (TPSA) is 72.5 Å². The normalized spacial score (nSPS) is 17.0. The van der Waals surface area contributed by atoms with E-state index in [0.717, 1.165) is 36.0 Å². The van der Waals surface area contributed by atoms with E-state index < -0.39 is 0 Å². The van der Waals surface area contributed by atoms with E-state index in [1.807, 2.05) is 24.3 Å². The zero-order chi connectivity index (χ0) is 14.6. The Morgan fingerprint density at radius 3 is 2.86 bits per heavy atom. The molecule has 0 saturated heterocycles. The van der Waals surface area contributed by atoms with Crippen molar-refractivity contribution in [2.24, 2.45) is 0 Å². The van der Waals surface area contributed by atoms with Gasteiger partial charge in [0, 0.05) is 5.56 Å². The van der Waals surface area contributed by atoms with Crippen LogP contribution in [0.5, 0.6) is 0 Å². The first kappa shape index (κ1) is 12.4. The van der Waals surface area contributed by atoms with E-state index >= 15 is 0 Å². The van der Waals surface area contributed by atoms with Gasteiger partial charge >= 0.3 is 0 Å². The maximum Gasteiger partial charge on any atom is 0.231 e. The Kier molecular flexibility index (Phi) is 2.43. The standard InChI is InChI=1S/C16H19N5/c1-16(2)9-5-8-12-13(16)14(17)21(20-12)15-18-10-6-3-4-7-11(10)19-15/h3-4,6-7H,5,8-9,17H2,1-2H3,(H,18,19). The zero-order valence-corrected chi connectivity index (χ0v) is 12.3. The Balaban J connectivity index is 1.92. The van der Waals surface area contributed by atoms with E-state index in [0.29, 0.717) is 11.8 Å². The lowest BCUT2D eigenvalue weighted by Crippen LogP contribution is -2.24. The summed E-state index contributed by atoms with van der Waals surface area (Å²) in [6, 6.07) is 7.96. The molecule has 1 aromatic carbocycles. The van der Waals surface area contributed by atoms with Gasteiger partial charge in [0.15, 0.2) is 0 Å². The van der Waals surface area contributed by atoms with Crippen LogP contribution in [0, 0.1) is 0 Å². The molecular weight excluding hydrogens is 262 g/mol. The number of anilines is 1. The summed E-state index contributed by atoms with van der Waals surface area (Å²) < 4.78 is 1.76. The molecule has 0 unspecified atom stereocenters. The number of nitrogen functional groups attached to an aromatic ring is 1. The predicted octanol–water partition coefficient (Wildman–Crippen LogP) is 2.94. The Bertz CT molecular complexity index is 791. The smallest absolute Gasteiger partial charge is 0.231 e. The summed E-state index contributed by atoms with van der Waals surface area (Å²) in [5, 5.41) is 4.71. The van der Waals surface area contributed by atoms with E-state index in [2.05, 4.69) is 23.8 Å². The minimum Gasteiger partial charge on any atom is -0.383 e. The van der Waals surface area contributed by atoms with Crippen LogP contribution in [0.4, 0.5) is 5.82 Å². The number of aryl methyl sites for hydroxylation is 1. The van der Waals surface area contributed by atoms with Gasteiger partial charge in [-0.3, -0.25) is 0 Å². The highest BCUT2D eigenvalue weighted by Crippen LogP contribution is 2.40. The lowest BCUT2D eigenvalue weighted by Gasteiger charge is -2.29. The van der Waals surface area contributed by atoms with Crippen LogP contribution < -0.4 is 5.73 Å². The van der Waals surface area contributed by atoms with Crippen molar-refractivity contribution in [1.29, 1.82) is 0 Å². The average molecular weight is 281 g/mol. The van der Waals surface area contributed by atoms with E-state index in [4.69, 9.17) is 10.8 Å². The lowest BCUT2D eigenvalue weighted by atomic mass is 9.75. The summed E-state index contributed by atoms with van der Waals surface area (Å²) in [5.41, 5.74) is 10.7. The number of aromatic nitrogens is 4. The molecule has 1 aliphatic carbocycles. The molecular formula is C16H19N5. The first-order valence-corrected chi connectivity index (χ1v) is 7.39. The monoisotopic (exact) mass is 281 g/mol. The molecule has 0 fully saturated rings. The van der Waals surface area contributed by atoms with Gasteiger partial charge in [0.1, 0.15) is 5.82 Å². The Hall–Kier alpha value is -2.30. The van der Waals surface area contributed by atoms with Crippen molar-refractivity contribution in [1.82, 2.24) is 19.7 Å². The maximum absolute atomic E-state index is 6.39. The van der Waals surface area contributed by atoms with Crippen LogP contribution in [-0.2, 0) is 11.8 Å². The number of nitrogens with two attached hydrogens (primary N) is 1. The quantitative estimate of drug-likeness (QED) is 0.720. The Morgan fingerprint density at radius 1 is 1.29 bits per heavy atom. The van der Waals surface area contributed by atoms with E-state index in [1.54, 1.807) is 4.68 Å². The van der Waals surface area contributed by atoms with Crippen molar-refractivity contribution in [2.45, 2.75) is 38.5 Å². The van der Waals surface area contributed by atoms with Crippen molar-refractivity contribution >= 4 is 16.9 Å². The fourth-order valence-corrected chi connectivity index (χ4v) is 3.41. The van der Waals surface area contributed by atoms with Crippen LogP contribution in [0.1, 0.15) is 37.9 Å². The zero-order valence-electron chi connectivity index (χ0n) is 12.3. The predicted molar refractivity (Wildman–Crippen MR) is 83.6 cm³/mol. The average Bonchev–Trinajstić information content (AvgIpc) is 3.00. The molecule has 0 atom stereocenters. The van der Waals surface area contributed by atoms with Gasteiger partial charge in [-0.2, -0.15) is 9.78 Å². The second-order valence-corrected chi connectivity index (χ2v) is 6.43. The summed E-state index contributed by atoms with van der Waals surface area (Å²) in [5.74, 6) is 1.41. The second kappa shape index (κ2) is 4.10. The summed E-state index contributed by atoms with van der Waals surface area (Å²) in [4.78, 5) is 7.90. The molecule has 4 rings (SSSR count).